The van der Waals surface area contributed by atoms with E-state index >= 15 is 0 Å². The first-order valence-electron chi connectivity index (χ1n) is 17.7. The number of hydrogen-bond acceptors (Lipinski definition) is 5. The predicted octanol–water partition coefficient (Wildman–Crippen LogP) is 10.9. The molecule has 0 saturated carbocycles. The third-order valence-electron chi connectivity index (χ3n) is 9.51. The summed E-state index contributed by atoms with van der Waals surface area (Å²) in [6, 6.07) is 53.8. The molecule has 6 aromatic carbocycles. The molecule has 0 aliphatic rings. The number of methoxy groups -OCH3 is 4. The summed E-state index contributed by atoms with van der Waals surface area (Å²) in [6.07, 6.45) is 0.0411. The van der Waals surface area contributed by atoms with Crippen LogP contribution in [0, 0.1) is 5.92 Å². The second-order valence-corrected chi connectivity index (χ2v) is 13.0. The first-order chi connectivity index (χ1) is 25.3. The zero-order valence-electron chi connectivity index (χ0n) is 31.3. The van der Waals surface area contributed by atoms with Gasteiger partial charge in [-0.3, -0.25) is 0 Å². The van der Waals surface area contributed by atoms with Crippen LogP contribution in [0.25, 0.3) is 0 Å². The lowest BCUT2D eigenvalue weighted by atomic mass is 9.79. The Balaban J connectivity index is 0.000000206. The summed E-state index contributed by atoms with van der Waals surface area (Å²) in [6.45, 7) is 6.50. The standard InChI is InChI=1S/C26H30O3.C21H20O2/c1-19(2)20(3)29-26(21-9-7-6-8-10-21,22-11-15-24(27-4)16-12-22)23-13-17-25(28-5)18-14-23;1-22-19-12-8-17(9-13-19)21(16-6-4-3-5-7-16)18-10-14-20(23-2)15-11-18/h6-20H,1-5H3;3-15,21H,1-2H3. The molecule has 6 aromatic rings. The molecular weight excluding hydrogens is 645 g/mol. The van der Waals surface area contributed by atoms with Crippen molar-refractivity contribution in [2.45, 2.75) is 38.4 Å². The average molecular weight is 695 g/mol. The van der Waals surface area contributed by atoms with E-state index in [4.69, 9.17) is 23.7 Å². The average Bonchev–Trinajstić information content (AvgIpc) is 3.21. The van der Waals surface area contributed by atoms with E-state index in [1.54, 1.807) is 28.4 Å². The van der Waals surface area contributed by atoms with Crippen LogP contribution in [0.2, 0.25) is 0 Å². The minimum absolute atomic E-state index is 0.0411. The fourth-order valence-electron chi connectivity index (χ4n) is 6.26. The Hall–Kier alpha value is -5.52. The number of hydrogen-bond donors (Lipinski definition) is 0. The lowest BCUT2D eigenvalue weighted by molar-refractivity contribution is -0.0586. The Bertz CT molecular complexity index is 1810. The lowest BCUT2D eigenvalue weighted by Gasteiger charge is -2.39. The summed E-state index contributed by atoms with van der Waals surface area (Å²) >= 11 is 0. The number of benzene rings is 6. The van der Waals surface area contributed by atoms with Crippen molar-refractivity contribution in [2.75, 3.05) is 28.4 Å². The normalized spacial score (nSPS) is 11.7. The Morgan fingerprint density at radius 1 is 0.365 bits per heavy atom. The molecule has 5 nitrogen and oxygen atoms in total. The molecule has 0 heterocycles. The van der Waals surface area contributed by atoms with E-state index in [2.05, 4.69) is 118 Å². The predicted molar refractivity (Wildman–Crippen MR) is 211 cm³/mol. The first-order valence-corrected chi connectivity index (χ1v) is 17.7. The van der Waals surface area contributed by atoms with Crippen LogP contribution in [0.1, 0.15) is 60.1 Å². The van der Waals surface area contributed by atoms with Crippen LogP contribution in [0.4, 0.5) is 0 Å². The van der Waals surface area contributed by atoms with Crippen molar-refractivity contribution in [3.05, 3.63) is 191 Å². The van der Waals surface area contributed by atoms with Crippen molar-refractivity contribution < 1.29 is 23.7 Å². The largest absolute Gasteiger partial charge is 0.497 e. The molecule has 52 heavy (non-hydrogen) atoms. The van der Waals surface area contributed by atoms with Crippen LogP contribution >= 0.6 is 0 Å². The van der Waals surface area contributed by atoms with Crippen LogP contribution in [-0.4, -0.2) is 34.5 Å². The maximum Gasteiger partial charge on any atom is 0.144 e. The van der Waals surface area contributed by atoms with Gasteiger partial charge in [0, 0.05) is 5.92 Å². The second kappa shape index (κ2) is 18.1. The molecule has 0 aliphatic heterocycles. The van der Waals surface area contributed by atoms with Crippen molar-refractivity contribution in [3.63, 3.8) is 0 Å². The Labute approximate surface area is 309 Å². The summed E-state index contributed by atoms with van der Waals surface area (Å²) in [7, 11) is 6.74. The van der Waals surface area contributed by atoms with Gasteiger partial charge in [0.2, 0.25) is 0 Å². The molecule has 0 aliphatic carbocycles. The van der Waals surface area contributed by atoms with Gasteiger partial charge in [-0.2, -0.15) is 0 Å². The maximum atomic E-state index is 6.92. The highest BCUT2D eigenvalue weighted by Gasteiger charge is 2.39. The molecule has 0 bridgehead atoms. The summed E-state index contributed by atoms with van der Waals surface area (Å²) < 4.78 is 28.2. The lowest BCUT2D eigenvalue weighted by Crippen LogP contribution is -2.37. The van der Waals surface area contributed by atoms with E-state index in [0.717, 1.165) is 39.7 Å². The van der Waals surface area contributed by atoms with E-state index < -0.39 is 5.60 Å². The fraction of sp³-hybridized carbons (Fsp3) is 0.234. The molecular formula is C47H50O5. The van der Waals surface area contributed by atoms with Crippen LogP contribution in [0.15, 0.2) is 158 Å². The van der Waals surface area contributed by atoms with Crippen molar-refractivity contribution in [1.82, 2.24) is 0 Å². The molecule has 0 aromatic heterocycles. The molecule has 0 spiro atoms. The minimum atomic E-state index is -0.747. The van der Waals surface area contributed by atoms with Crippen molar-refractivity contribution in [1.29, 1.82) is 0 Å². The van der Waals surface area contributed by atoms with Gasteiger partial charge in [0.15, 0.2) is 0 Å². The number of ether oxygens (including phenoxy) is 5. The smallest absolute Gasteiger partial charge is 0.144 e. The quantitative estimate of drug-likeness (QED) is 0.113. The molecule has 1 atom stereocenters. The van der Waals surface area contributed by atoms with E-state index in [0.29, 0.717) is 5.92 Å². The van der Waals surface area contributed by atoms with Gasteiger partial charge in [-0.1, -0.05) is 123 Å². The monoisotopic (exact) mass is 694 g/mol. The highest BCUT2D eigenvalue weighted by atomic mass is 16.5. The van der Waals surface area contributed by atoms with E-state index in [1.807, 2.05) is 60.7 Å². The van der Waals surface area contributed by atoms with Crippen LogP contribution < -0.4 is 18.9 Å². The Morgan fingerprint density at radius 2 is 0.673 bits per heavy atom. The zero-order valence-corrected chi connectivity index (χ0v) is 31.3. The highest BCUT2D eigenvalue weighted by Crippen LogP contribution is 2.43. The first kappa shape index (κ1) is 37.7. The highest BCUT2D eigenvalue weighted by molar-refractivity contribution is 5.50. The fourth-order valence-corrected chi connectivity index (χ4v) is 6.26. The maximum absolute atomic E-state index is 6.92. The summed E-state index contributed by atoms with van der Waals surface area (Å²) in [5, 5.41) is 0. The summed E-state index contributed by atoms with van der Waals surface area (Å²) in [5.41, 5.74) is 6.20. The summed E-state index contributed by atoms with van der Waals surface area (Å²) in [5.74, 6) is 3.94. The van der Waals surface area contributed by atoms with Gasteiger partial charge in [0.05, 0.1) is 34.5 Å². The third-order valence-corrected chi connectivity index (χ3v) is 9.51. The van der Waals surface area contributed by atoms with Crippen LogP contribution in [0.3, 0.4) is 0 Å². The van der Waals surface area contributed by atoms with Crippen molar-refractivity contribution in [2.24, 2.45) is 5.92 Å². The molecule has 268 valence electrons. The topological polar surface area (TPSA) is 46.2 Å². The number of rotatable bonds is 13. The van der Waals surface area contributed by atoms with Gasteiger partial charge in [0.1, 0.15) is 28.6 Å². The van der Waals surface area contributed by atoms with Gasteiger partial charge in [-0.15, -0.1) is 0 Å². The van der Waals surface area contributed by atoms with E-state index in [1.165, 1.54) is 16.7 Å². The molecule has 1 unspecified atom stereocenters. The SMILES string of the molecule is COc1ccc(C(OC(C)C(C)C)(c2ccccc2)c2ccc(OC)cc2)cc1.COc1ccc(C(c2ccccc2)c2ccc(OC)cc2)cc1. The zero-order chi connectivity index (χ0) is 36.9. The van der Waals surface area contributed by atoms with E-state index in [-0.39, 0.29) is 12.0 Å². The molecule has 0 amide bonds. The summed E-state index contributed by atoms with van der Waals surface area (Å²) in [4.78, 5) is 0. The van der Waals surface area contributed by atoms with Gasteiger partial charge in [-0.05, 0) is 94.8 Å². The molecule has 0 N–H and O–H groups in total. The van der Waals surface area contributed by atoms with Gasteiger partial charge in [0.25, 0.3) is 0 Å². The molecule has 0 radical (unpaired) electrons. The Morgan fingerprint density at radius 3 is 1.02 bits per heavy atom. The molecule has 5 heteroatoms. The van der Waals surface area contributed by atoms with Crippen molar-refractivity contribution >= 4 is 0 Å². The van der Waals surface area contributed by atoms with Crippen LogP contribution in [0.5, 0.6) is 23.0 Å². The molecule has 6 rings (SSSR count). The van der Waals surface area contributed by atoms with Gasteiger partial charge < -0.3 is 23.7 Å². The molecule has 0 saturated heterocycles. The van der Waals surface area contributed by atoms with Gasteiger partial charge in [-0.25, -0.2) is 0 Å². The second-order valence-electron chi connectivity index (χ2n) is 13.0. The Kier molecular flexibility index (Phi) is 13.1. The molecule has 0 fully saturated rings. The van der Waals surface area contributed by atoms with Crippen molar-refractivity contribution in [3.8, 4) is 23.0 Å². The van der Waals surface area contributed by atoms with Crippen LogP contribution in [-0.2, 0) is 10.3 Å². The van der Waals surface area contributed by atoms with E-state index in [9.17, 15) is 0 Å². The van der Waals surface area contributed by atoms with Gasteiger partial charge >= 0.3 is 0 Å². The minimum Gasteiger partial charge on any atom is -0.497 e. The third kappa shape index (κ3) is 8.85.